The number of esters is 1. The number of halogens is 1. The summed E-state index contributed by atoms with van der Waals surface area (Å²) >= 11 is 0. The molecule has 2 heterocycles. The normalized spacial score (nSPS) is 13.5. The molecule has 3 aromatic rings. The molecule has 1 aliphatic heterocycles. The molecule has 6 nitrogen and oxygen atoms in total. The maximum atomic E-state index is 14.5. The van der Waals surface area contributed by atoms with Gasteiger partial charge in [0.15, 0.2) is 0 Å². The zero-order valence-electron chi connectivity index (χ0n) is 15.7. The van der Waals surface area contributed by atoms with Gasteiger partial charge in [-0.15, -0.1) is 0 Å². The highest BCUT2D eigenvalue weighted by Crippen LogP contribution is 2.33. The summed E-state index contributed by atoms with van der Waals surface area (Å²) in [5.74, 6) is -0.335. The second-order valence-electron chi connectivity index (χ2n) is 6.95. The zero-order valence-corrected chi connectivity index (χ0v) is 15.7. The lowest BCUT2D eigenvalue weighted by atomic mass is 9.96. The van der Waals surface area contributed by atoms with Crippen LogP contribution in [0.1, 0.15) is 33.7 Å². The second kappa shape index (κ2) is 7.07. The molecule has 0 saturated heterocycles. The lowest BCUT2D eigenvalue weighted by Crippen LogP contribution is -2.32. The standard InChI is InChI=1S/C21H20FN3O3/c1-12-5-8-16(22)19-14(12)4-3-9-25(19)11-18-23-17-10-13(21(27)28-2)6-7-15(17)20(26)24-18/h5-8,10H,3-4,9,11H2,1-2H3,(H,23,24,26). The first-order chi connectivity index (χ1) is 13.5. The Morgan fingerprint density at radius 3 is 2.93 bits per heavy atom. The fourth-order valence-electron chi connectivity index (χ4n) is 3.77. The minimum Gasteiger partial charge on any atom is -0.465 e. The molecule has 4 rings (SSSR count). The van der Waals surface area contributed by atoms with Crippen molar-refractivity contribution >= 4 is 22.6 Å². The zero-order chi connectivity index (χ0) is 19.8. The van der Waals surface area contributed by atoms with E-state index in [1.807, 2.05) is 11.8 Å². The number of methoxy groups -OCH3 is 1. The highest BCUT2D eigenvalue weighted by atomic mass is 19.1. The van der Waals surface area contributed by atoms with Crippen LogP contribution in [0.5, 0.6) is 0 Å². The van der Waals surface area contributed by atoms with E-state index in [0.29, 0.717) is 34.5 Å². The van der Waals surface area contributed by atoms with Crippen molar-refractivity contribution < 1.29 is 13.9 Å². The predicted octanol–water partition coefficient (Wildman–Crippen LogP) is 3.11. The summed E-state index contributed by atoms with van der Waals surface area (Å²) in [4.78, 5) is 33.4. The average Bonchev–Trinajstić information content (AvgIpc) is 2.70. The predicted molar refractivity (Wildman–Crippen MR) is 104 cm³/mol. The molecule has 7 heteroatoms. The Labute approximate surface area is 161 Å². The van der Waals surface area contributed by atoms with Crippen LogP contribution in [0.15, 0.2) is 35.1 Å². The van der Waals surface area contributed by atoms with Gasteiger partial charge in [0.1, 0.15) is 11.6 Å². The van der Waals surface area contributed by atoms with Crippen LogP contribution in [0.25, 0.3) is 10.9 Å². The molecule has 0 atom stereocenters. The summed E-state index contributed by atoms with van der Waals surface area (Å²) in [6.45, 7) is 2.94. The van der Waals surface area contributed by atoms with Crippen LogP contribution in [-0.4, -0.2) is 29.6 Å². The number of carbonyl (C=O) groups excluding carboxylic acids is 1. The third kappa shape index (κ3) is 3.13. The van der Waals surface area contributed by atoms with E-state index in [9.17, 15) is 14.0 Å². The van der Waals surface area contributed by atoms with Crippen LogP contribution in [0.3, 0.4) is 0 Å². The summed E-state index contributed by atoms with van der Waals surface area (Å²) < 4.78 is 19.3. The number of rotatable bonds is 3. The molecule has 1 aromatic heterocycles. The summed E-state index contributed by atoms with van der Waals surface area (Å²) in [6, 6.07) is 7.89. The van der Waals surface area contributed by atoms with Crippen LogP contribution in [0.2, 0.25) is 0 Å². The number of hydrogen-bond donors (Lipinski definition) is 1. The molecular formula is C21H20FN3O3. The number of nitrogens with zero attached hydrogens (tertiary/aromatic N) is 2. The Bertz CT molecular complexity index is 1140. The van der Waals surface area contributed by atoms with Crippen LogP contribution in [0, 0.1) is 12.7 Å². The van der Waals surface area contributed by atoms with Gasteiger partial charge in [-0.25, -0.2) is 14.2 Å². The Morgan fingerprint density at radius 2 is 2.14 bits per heavy atom. The third-order valence-electron chi connectivity index (χ3n) is 5.16. The first kappa shape index (κ1) is 18.2. The molecule has 0 unspecified atom stereocenters. The molecule has 1 N–H and O–H groups in total. The molecule has 0 spiro atoms. The number of aromatic nitrogens is 2. The van der Waals surface area contributed by atoms with Gasteiger partial charge in [-0.1, -0.05) is 6.07 Å². The monoisotopic (exact) mass is 381 g/mol. The summed E-state index contributed by atoms with van der Waals surface area (Å²) in [5, 5.41) is 0.387. The van der Waals surface area contributed by atoms with Gasteiger partial charge in [0.25, 0.3) is 5.56 Å². The Balaban J connectivity index is 1.74. The number of aryl methyl sites for hydroxylation is 1. The van der Waals surface area contributed by atoms with Gasteiger partial charge in [-0.3, -0.25) is 4.79 Å². The van der Waals surface area contributed by atoms with Gasteiger partial charge < -0.3 is 14.6 Å². The molecular weight excluding hydrogens is 361 g/mol. The minimum absolute atomic E-state index is 0.267. The van der Waals surface area contributed by atoms with Crippen LogP contribution in [0.4, 0.5) is 10.1 Å². The number of anilines is 1. The molecule has 0 aliphatic carbocycles. The van der Waals surface area contributed by atoms with Gasteiger partial charge in [0.2, 0.25) is 0 Å². The summed E-state index contributed by atoms with van der Waals surface area (Å²) in [6.07, 6.45) is 1.74. The number of ether oxygens (including phenoxy) is 1. The quantitative estimate of drug-likeness (QED) is 0.706. The van der Waals surface area contributed by atoms with Crippen molar-refractivity contribution in [3.05, 3.63) is 69.0 Å². The van der Waals surface area contributed by atoms with Crippen molar-refractivity contribution in [2.45, 2.75) is 26.3 Å². The van der Waals surface area contributed by atoms with E-state index in [4.69, 9.17) is 4.74 Å². The largest absolute Gasteiger partial charge is 0.465 e. The second-order valence-corrected chi connectivity index (χ2v) is 6.95. The average molecular weight is 381 g/mol. The lowest BCUT2D eigenvalue weighted by Gasteiger charge is -2.32. The molecule has 2 aromatic carbocycles. The summed E-state index contributed by atoms with van der Waals surface area (Å²) in [7, 11) is 1.30. The van der Waals surface area contributed by atoms with E-state index in [1.54, 1.807) is 12.1 Å². The topological polar surface area (TPSA) is 75.3 Å². The lowest BCUT2D eigenvalue weighted by molar-refractivity contribution is 0.0601. The van der Waals surface area contributed by atoms with Crippen molar-refractivity contribution in [3.63, 3.8) is 0 Å². The van der Waals surface area contributed by atoms with Crippen LogP contribution >= 0.6 is 0 Å². The third-order valence-corrected chi connectivity index (χ3v) is 5.16. The smallest absolute Gasteiger partial charge is 0.337 e. The Kier molecular flexibility index (Phi) is 4.58. The van der Waals surface area contributed by atoms with Crippen molar-refractivity contribution in [2.75, 3.05) is 18.6 Å². The fourth-order valence-corrected chi connectivity index (χ4v) is 3.77. The van der Waals surface area contributed by atoms with E-state index in [1.165, 1.54) is 25.3 Å². The molecule has 0 bridgehead atoms. The Morgan fingerprint density at radius 1 is 1.32 bits per heavy atom. The highest BCUT2D eigenvalue weighted by Gasteiger charge is 2.23. The van der Waals surface area contributed by atoms with Crippen molar-refractivity contribution in [1.29, 1.82) is 0 Å². The van der Waals surface area contributed by atoms with Crippen LogP contribution in [-0.2, 0) is 17.7 Å². The number of aromatic amines is 1. The molecule has 0 amide bonds. The van der Waals surface area contributed by atoms with Crippen molar-refractivity contribution in [1.82, 2.24) is 9.97 Å². The minimum atomic E-state index is -0.493. The maximum absolute atomic E-state index is 14.5. The maximum Gasteiger partial charge on any atom is 0.337 e. The van der Waals surface area contributed by atoms with E-state index in [0.717, 1.165) is 24.0 Å². The Hall–Kier alpha value is -3.22. The van der Waals surface area contributed by atoms with Crippen LogP contribution < -0.4 is 10.5 Å². The molecule has 0 fully saturated rings. The van der Waals surface area contributed by atoms with Gasteiger partial charge in [-0.2, -0.15) is 0 Å². The summed E-state index contributed by atoms with van der Waals surface area (Å²) in [5.41, 5.74) is 3.08. The molecule has 0 saturated carbocycles. The number of hydrogen-bond acceptors (Lipinski definition) is 5. The SMILES string of the molecule is COC(=O)c1ccc2c(=O)[nH]c(CN3CCCc4c(C)ccc(F)c43)nc2c1. The van der Waals surface area contributed by atoms with Crippen molar-refractivity contribution in [3.8, 4) is 0 Å². The van der Waals surface area contributed by atoms with Crippen molar-refractivity contribution in [2.24, 2.45) is 0 Å². The van der Waals surface area contributed by atoms with E-state index in [2.05, 4.69) is 9.97 Å². The van der Waals surface area contributed by atoms with Gasteiger partial charge >= 0.3 is 5.97 Å². The number of nitrogens with one attached hydrogen (secondary N) is 1. The first-order valence-electron chi connectivity index (χ1n) is 9.12. The number of carbonyl (C=O) groups is 1. The number of benzene rings is 2. The highest BCUT2D eigenvalue weighted by molar-refractivity contribution is 5.93. The van der Waals surface area contributed by atoms with Gasteiger partial charge in [0, 0.05) is 6.54 Å². The fraction of sp³-hybridized carbons (Fsp3) is 0.286. The molecule has 1 aliphatic rings. The first-order valence-corrected chi connectivity index (χ1v) is 9.12. The van der Waals surface area contributed by atoms with E-state index in [-0.39, 0.29) is 17.9 Å². The molecule has 0 radical (unpaired) electrons. The molecule has 28 heavy (non-hydrogen) atoms. The van der Waals surface area contributed by atoms with Gasteiger partial charge in [-0.05, 0) is 55.2 Å². The molecule has 144 valence electrons. The van der Waals surface area contributed by atoms with E-state index >= 15 is 0 Å². The van der Waals surface area contributed by atoms with Gasteiger partial charge in [0.05, 0.1) is 35.8 Å². The number of H-pyrrole nitrogens is 1. The number of fused-ring (bicyclic) bond motifs is 2. The van der Waals surface area contributed by atoms with E-state index < -0.39 is 5.97 Å².